The van der Waals surface area contributed by atoms with Crippen molar-refractivity contribution in [1.82, 2.24) is 4.98 Å². The van der Waals surface area contributed by atoms with Gasteiger partial charge in [-0.05, 0) is 0 Å². The van der Waals surface area contributed by atoms with Crippen LogP contribution in [0.2, 0.25) is 0 Å². The van der Waals surface area contributed by atoms with Gasteiger partial charge in [0.25, 0.3) is 5.78 Å². The van der Waals surface area contributed by atoms with Crippen molar-refractivity contribution < 1.29 is 23.1 Å². The summed E-state index contributed by atoms with van der Waals surface area (Å²) < 4.78 is 35.2. The standard InChI is InChI=1S/C7H4F3NO2S.Na/c8-7(9,10)5(13)3-4(12)6-11-1-2-14-6;/h1-3,12H;/b4-3-;. The zero-order valence-electron chi connectivity index (χ0n) is 7.58. The van der Waals surface area contributed by atoms with E-state index in [-0.39, 0.29) is 40.6 Å². The number of hydrogen-bond donors (Lipinski definition) is 1. The molecule has 0 spiro atoms. The molecule has 1 aromatic heterocycles. The molecule has 0 unspecified atom stereocenters. The van der Waals surface area contributed by atoms with Gasteiger partial charge in [-0.3, -0.25) is 4.79 Å². The van der Waals surface area contributed by atoms with Crippen molar-refractivity contribution in [3.8, 4) is 0 Å². The van der Waals surface area contributed by atoms with Crippen LogP contribution in [0.25, 0.3) is 5.76 Å². The van der Waals surface area contributed by atoms with Crippen molar-refractivity contribution in [2.75, 3.05) is 0 Å². The van der Waals surface area contributed by atoms with E-state index in [0.717, 1.165) is 11.3 Å². The summed E-state index contributed by atoms with van der Waals surface area (Å²) in [4.78, 5) is 13.9. The summed E-state index contributed by atoms with van der Waals surface area (Å²) in [6, 6.07) is 0. The molecule has 0 saturated carbocycles. The first kappa shape index (κ1) is 14.6. The smallest absolute Gasteiger partial charge is 0.454 e. The molecular formula is C7H4F3NNaO2S. The minimum Gasteiger partial charge on any atom is -0.505 e. The molecule has 0 fully saturated rings. The molecule has 0 amide bonds. The number of rotatable bonds is 2. The summed E-state index contributed by atoms with van der Waals surface area (Å²) in [7, 11) is 0. The number of ketones is 1. The van der Waals surface area contributed by atoms with Crippen LogP contribution in [0, 0.1) is 0 Å². The molecule has 0 aliphatic rings. The van der Waals surface area contributed by atoms with E-state index in [2.05, 4.69) is 4.98 Å². The number of alkyl halides is 3. The molecule has 1 radical (unpaired) electrons. The van der Waals surface area contributed by atoms with E-state index in [1.807, 2.05) is 0 Å². The number of allylic oxidation sites excluding steroid dienone is 1. The third-order valence-electron chi connectivity index (χ3n) is 1.20. The Morgan fingerprint density at radius 2 is 2.13 bits per heavy atom. The van der Waals surface area contributed by atoms with E-state index < -0.39 is 17.7 Å². The van der Waals surface area contributed by atoms with Gasteiger partial charge in [-0.1, -0.05) is 0 Å². The van der Waals surface area contributed by atoms with Crippen LogP contribution in [0.15, 0.2) is 17.7 Å². The summed E-state index contributed by atoms with van der Waals surface area (Å²) in [5.41, 5.74) is 0. The van der Waals surface area contributed by atoms with Gasteiger partial charge in [0.2, 0.25) is 0 Å². The number of hydrogen-bond acceptors (Lipinski definition) is 4. The van der Waals surface area contributed by atoms with Crippen LogP contribution >= 0.6 is 11.3 Å². The minimum atomic E-state index is -4.97. The zero-order valence-corrected chi connectivity index (χ0v) is 10.4. The first-order valence-electron chi connectivity index (χ1n) is 3.33. The molecule has 1 heterocycles. The SMILES string of the molecule is O=C(/C=C(\O)c1nccs1)C(F)(F)F.[Na]. The summed E-state index contributed by atoms with van der Waals surface area (Å²) in [6.45, 7) is 0. The Kier molecular flexibility index (Phi) is 5.50. The summed E-state index contributed by atoms with van der Waals surface area (Å²) in [6.07, 6.45) is -3.55. The van der Waals surface area contributed by atoms with Crippen molar-refractivity contribution in [3.63, 3.8) is 0 Å². The maximum absolute atomic E-state index is 11.7. The van der Waals surface area contributed by atoms with Gasteiger partial charge in [0.05, 0.1) is 0 Å². The zero-order chi connectivity index (χ0) is 10.8. The number of carbonyl (C=O) groups excluding carboxylic acids is 1. The average molecular weight is 246 g/mol. The van der Waals surface area contributed by atoms with E-state index in [9.17, 15) is 18.0 Å². The number of aromatic nitrogens is 1. The van der Waals surface area contributed by atoms with Gasteiger partial charge in [-0.2, -0.15) is 13.2 Å². The first-order valence-corrected chi connectivity index (χ1v) is 4.21. The van der Waals surface area contributed by atoms with Crippen molar-refractivity contribution in [3.05, 3.63) is 22.7 Å². The summed E-state index contributed by atoms with van der Waals surface area (Å²) in [5, 5.41) is 10.5. The third-order valence-corrected chi connectivity index (χ3v) is 1.99. The second-order valence-corrected chi connectivity index (χ2v) is 3.12. The number of thiazole rings is 1. The molecule has 1 rings (SSSR count). The molecule has 0 atom stereocenters. The van der Waals surface area contributed by atoms with Gasteiger partial charge >= 0.3 is 6.18 Å². The Bertz CT molecular complexity index is 361. The maximum atomic E-state index is 11.7. The Balaban J connectivity index is 0.00000196. The van der Waals surface area contributed by atoms with E-state index in [1.54, 1.807) is 0 Å². The van der Waals surface area contributed by atoms with Gasteiger partial charge in [-0.15, -0.1) is 11.3 Å². The molecule has 0 aromatic carbocycles. The van der Waals surface area contributed by atoms with E-state index in [4.69, 9.17) is 5.11 Å². The molecule has 0 bridgehead atoms. The van der Waals surface area contributed by atoms with Crippen LogP contribution in [0.1, 0.15) is 5.01 Å². The van der Waals surface area contributed by atoms with Gasteiger partial charge < -0.3 is 5.11 Å². The number of carbonyl (C=O) groups is 1. The van der Waals surface area contributed by atoms with Crippen molar-refractivity contribution in [2.45, 2.75) is 6.18 Å². The summed E-state index contributed by atoms with van der Waals surface area (Å²) >= 11 is 0.935. The molecular weight excluding hydrogens is 242 g/mol. The molecule has 0 aliphatic heterocycles. The average Bonchev–Trinajstić information content (AvgIpc) is 2.53. The van der Waals surface area contributed by atoms with E-state index in [0.29, 0.717) is 0 Å². The van der Waals surface area contributed by atoms with Crippen molar-refractivity contribution in [1.29, 1.82) is 0 Å². The van der Waals surface area contributed by atoms with Crippen LogP contribution in [-0.4, -0.2) is 51.6 Å². The maximum Gasteiger partial charge on any atom is 0.454 e. The normalized spacial score (nSPS) is 12.1. The Hall–Kier alpha value is -0.370. The molecule has 1 aromatic rings. The molecule has 15 heavy (non-hydrogen) atoms. The quantitative estimate of drug-likeness (QED) is 0.491. The minimum absolute atomic E-state index is 0. The second-order valence-electron chi connectivity index (χ2n) is 2.23. The predicted molar refractivity (Wildman–Crippen MR) is 49.5 cm³/mol. The molecule has 3 nitrogen and oxygen atoms in total. The fourth-order valence-corrected chi connectivity index (χ4v) is 1.17. The van der Waals surface area contributed by atoms with Crippen LogP contribution in [0.3, 0.4) is 0 Å². The van der Waals surface area contributed by atoms with E-state index >= 15 is 0 Å². The van der Waals surface area contributed by atoms with Crippen LogP contribution in [-0.2, 0) is 4.79 Å². The molecule has 0 saturated heterocycles. The Morgan fingerprint density at radius 1 is 1.53 bits per heavy atom. The molecule has 77 valence electrons. The topological polar surface area (TPSA) is 50.2 Å². The van der Waals surface area contributed by atoms with Crippen LogP contribution in [0.5, 0.6) is 0 Å². The third kappa shape index (κ3) is 4.33. The van der Waals surface area contributed by atoms with Gasteiger partial charge in [0, 0.05) is 47.2 Å². The Labute approximate surface area is 109 Å². The second kappa shape index (κ2) is 5.64. The van der Waals surface area contributed by atoms with Crippen LogP contribution in [0.4, 0.5) is 13.2 Å². The first-order chi connectivity index (χ1) is 6.41. The van der Waals surface area contributed by atoms with Gasteiger partial charge in [0.15, 0.2) is 10.8 Å². The molecule has 1 N–H and O–H groups in total. The monoisotopic (exact) mass is 246 g/mol. The number of halogens is 3. The fourth-order valence-electron chi connectivity index (χ4n) is 0.618. The largest absolute Gasteiger partial charge is 0.505 e. The fraction of sp³-hybridized carbons (Fsp3) is 0.143. The van der Waals surface area contributed by atoms with Crippen molar-refractivity contribution in [2.24, 2.45) is 0 Å². The molecule has 8 heteroatoms. The van der Waals surface area contributed by atoms with E-state index in [1.165, 1.54) is 11.6 Å². The van der Waals surface area contributed by atoms with Gasteiger partial charge in [-0.25, -0.2) is 4.98 Å². The predicted octanol–water partition coefficient (Wildman–Crippen LogP) is 1.79. The molecule has 0 aliphatic carbocycles. The number of aliphatic hydroxyl groups excluding tert-OH is 1. The Morgan fingerprint density at radius 3 is 2.53 bits per heavy atom. The van der Waals surface area contributed by atoms with Crippen molar-refractivity contribution >= 4 is 52.4 Å². The number of aliphatic hydroxyl groups is 1. The van der Waals surface area contributed by atoms with Gasteiger partial charge in [0.1, 0.15) is 0 Å². The summed E-state index contributed by atoms with van der Waals surface area (Å²) in [5.74, 6) is -2.88. The van der Waals surface area contributed by atoms with Crippen LogP contribution < -0.4 is 0 Å². The number of nitrogens with zero attached hydrogens (tertiary/aromatic N) is 1.